The zero-order valence-corrected chi connectivity index (χ0v) is 11.6. The molecule has 2 nitrogen and oxygen atoms in total. The third-order valence-electron chi connectivity index (χ3n) is 3.76. The minimum Gasteiger partial charge on any atom is -0.378 e. The summed E-state index contributed by atoms with van der Waals surface area (Å²) in [5.74, 6) is -0.325. The molecular formula is C14H20ClFN2. The van der Waals surface area contributed by atoms with Crippen LogP contribution in [0, 0.1) is 11.2 Å². The molecule has 0 bridgehead atoms. The molecule has 0 aromatic heterocycles. The van der Waals surface area contributed by atoms with Gasteiger partial charge in [-0.3, -0.25) is 0 Å². The Balaban J connectivity index is 2.21. The molecule has 100 valence electrons. The highest BCUT2D eigenvalue weighted by Gasteiger charge is 2.42. The fraction of sp³-hybridized carbons (Fsp3) is 0.571. The lowest BCUT2D eigenvalue weighted by atomic mass is 9.87. The molecule has 1 unspecified atom stereocenters. The maximum Gasteiger partial charge on any atom is 0.126 e. The van der Waals surface area contributed by atoms with Crippen LogP contribution in [0.2, 0.25) is 5.02 Å². The first-order chi connectivity index (χ1) is 8.34. The van der Waals surface area contributed by atoms with Gasteiger partial charge in [0.25, 0.3) is 0 Å². The molecule has 1 aromatic rings. The molecule has 0 amide bonds. The van der Waals surface area contributed by atoms with Gasteiger partial charge in [0.2, 0.25) is 0 Å². The first-order valence-corrected chi connectivity index (χ1v) is 6.66. The van der Waals surface area contributed by atoms with Crippen LogP contribution in [0.25, 0.3) is 0 Å². The van der Waals surface area contributed by atoms with E-state index in [0.29, 0.717) is 17.3 Å². The number of nitrogens with two attached hydrogens (primary N) is 1. The average Bonchev–Trinajstić information content (AvgIpc) is 2.53. The number of hydrogen-bond donors (Lipinski definition) is 2. The van der Waals surface area contributed by atoms with Crippen molar-refractivity contribution in [3.05, 3.63) is 29.0 Å². The molecule has 1 fully saturated rings. The maximum atomic E-state index is 13.3. The quantitative estimate of drug-likeness (QED) is 0.877. The summed E-state index contributed by atoms with van der Waals surface area (Å²) in [6, 6.07) is 4.52. The number of anilines is 1. The minimum atomic E-state index is -0.325. The summed E-state index contributed by atoms with van der Waals surface area (Å²) in [4.78, 5) is 0. The van der Waals surface area contributed by atoms with Gasteiger partial charge in [-0.25, -0.2) is 4.39 Å². The molecule has 0 aliphatic heterocycles. The lowest BCUT2D eigenvalue weighted by Crippen LogP contribution is -2.43. The van der Waals surface area contributed by atoms with E-state index in [2.05, 4.69) is 19.2 Å². The summed E-state index contributed by atoms with van der Waals surface area (Å²) in [5.41, 5.74) is 6.78. The van der Waals surface area contributed by atoms with Crippen LogP contribution in [0.3, 0.4) is 0 Å². The standard InChI is InChI=1S/C14H20ClFN2/c1-13(2)3-4-14(8-13,9-17)18-12-6-10(15)5-11(16)7-12/h5-7,18H,3-4,8-9,17H2,1-2H3. The average molecular weight is 271 g/mol. The smallest absolute Gasteiger partial charge is 0.126 e. The van der Waals surface area contributed by atoms with Crippen molar-refractivity contribution in [3.63, 3.8) is 0 Å². The minimum absolute atomic E-state index is 0.138. The molecule has 4 heteroatoms. The van der Waals surface area contributed by atoms with Gasteiger partial charge in [0, 0.05) is 17.3 Å². The number of nitrogens with one attached hydrogen (secondary N) is 1. The van der Waals surface area contributed by atoms with E-state index in [9.17, 15) is 4.39 Å². The number of benzene rings is 1. The molecule has 1 atom stereocenters. The lowest BCUT2D eigenvalue weighted by molar-refractivity contribution is 0.351. The van der Waals surface area contributed by atoms with Crippen molar-refractivity contribution in [2.45, 2.75) is 38.6 Å². The second-order valence-electron chi connectivity index (χ2n) is 6.11. The first kappa shape index (κ1) is 13.6. The van der Waals surface area contributed by atoms with Gasteiger partial charge in [0.1, 0.15) is 5.82 Å². The van der Waals surface area contributed by atoms with E-state index in [-0.39, 0.29) is 16.8 Å². The number of rotatable bonds is 3. The number of hydrogen-bond acceptors (Lipinski definition) is 2. The van der Waals surface area contributed by atoms with Gasteiger partial charge in [-0.2, -0.15) is 0 Å². The Morgan fingerprint density at radius 3 is 2.56 bits per heavy atom. The highest BCUT2D eigenvalue weighted by Crippen LogP contribution is 2.44. The Bertz CT molecular complexity index is 427. The van der Waals surface area contributed by atoms with Gasteiger partial charge in [-0.1, -0.05) is 25.4 Å². The predicted molar refractivity (Wildman–Crippen MR) is 74.5 cm³/mol. The molecule has 2 rings (SSSR count). The Labute approximate surface area is 113 Å². The molecular weight excluding hydrogens is 251 g/mol. The summed E-state index contributed by atoms with van der Waals surface area (Å²) in [6.45, 7) is 5.03. The van der Waals surface area contributed by atoms with Crippen LogP contribution in [-0.2, 0) is 0 Å². The van der Waals surface area contributed by atoms with Crippen molar-refractivity contribution in [1.82, 2.24) is 0 Å². The van der Waals surface area contributed by atoms with E-state index in [0.717, 1.165) is 19.3 Å². The van der Waals surface area contributed by atoms with Crippen LogP contribution in [0.5, 0.6) is 0 Å². The zero-order chi connectivity index (χ0) is 13.4. The largest absolute Gasteiger partial charge is 0.378 e. The van der Waals surface area contributed by atoms with Crippen molar-refractivity contribution in [3.8, 4) is 0 Å². The summed E-state index contributed by atoms with van der Waals surface area (Å²) in [6.07, 6.45) is 3.12. The van der Waals surface area contributed by atoms with Gasteiger partial charge < -0.3 is 11.1 Å². The third kappa shape index (κ3) is 2.96. The van der Waals surface area contributed by atoms with Crippen molar-refractivity contribution in [2.75, 3.05) is 11.9 Å². The Morgan fingerprint density at radius 1 is 1.33 bits per heavy atom. The van der Waals surface area contributed by atoms with Crippen molar-refractivity contribution < 1.29 is 4.39 Å². The van der Waals surface area contributed by atoms with Gasteiger partial charge in [-0.15, -0.1) is 0 Å². The van der Waals surface area contributed by atoms with E-state index in [1.54, 1.807) is 6.07 Å². The summed E-state index contributed by atoms with van der Waals surface area (Å²) in [7, 11) is 0. The number of halogens is 2. The topological polar surface area (TPSA) is 38.0 Å². The molecule has 0 heterocycles. The predicted octanol–water partition coefficient (Wildman–Crippen LogP) is 3.80. The molecule has 1 saturated carbocycles. The SMILES string of the molecule is CC1(C)CCC(CN)(Nc2cc(F)cc(Cl)c2)C1. The molecule has 1 aliphatic carbocycles. The van der Waals surface area contributed by atoms with E-state index in [1.807, 2.05) is 0 Å². The molecule has 0 spiro atoms. The van der Waals surface area contributed by atoms with Crippen LogP contribution < -0.4 is 11.1 Å². The van der Waals surface area contributed by atoms with Crippen molar-refractivity contribution in [2.24, 2.45) is 11.1 Å². The zero-order valence-electron chi connectivity index (χ0n) is 10.9. The lowest BCUT2D eigenvalue weighted by Gasteiger charge is -2.32. The normalized spacial score (nSPS) is 26.3. The molecule has 3 N–H and O–H groups in total. The molecule has 0 saturated heterocycles. The van der Waals surface area contributed by atoms with E-state index >= 15 is 0 Å². The second-order valence-corrected chi connectivity index (χ2v) is 6.55. The first-order valence-electron chi connectivity index (χ1n) is 6.29. The van der Waals surface area contributed by atoms with Gasteiger partial charge in [0.15, 0.2) is 0 Å². The summed E-state index contributed by atoms with van der Waals surface area (Å²) >= 11 is 5.87. The van der Waals surface area contributed by atoms with E-state index < -0.39 is 0 Å². The maximum absolute atomic E-state index is 13.3. The Hall–Kier alpha value is -0.800. The Morgan fingerprint density at radius 2 is 2.06 bits per heavy atom. The van der Waals surface area contributed by atoms with Gasteiger partial charge >= 0.3 is 0 Å². The highest BCUT2D eigenvalue weighted by molar-refractivity contribution is 6.30. The van der Waals surface area contributed by atoms with E-state index in [4.69, 9.17) is 17.3 Å². The third-order valence-corrected chi connectivity index (χ3v) is 3.98. The molecule has 1 aromatic carbocycles. The van der Waals surface area contributed by atoms with Crippen LogP contribution >= 0.6 is 11.6 Å². The van der Waals surface area contributed by atoms with Gasteiger partial charge in [0.05, 0.1) is 5.54 Å². The van der Waals surface area contributed by atoms with Crippen LogP contribution in [0.4, 0.5) is 10.1 Å². The van der Waals surface area contributed by atoms with Crippen molar-refractivity contribution >= 4 is 17.3 Å². The van der Waals surface area contributed by atoms with Crippen molar-refractivity contribution in [1.29, 1.82) is 0 Å². The monoisotopic (exact) mass is 270 g/mol. The van der Waals surface area contributed by atoms with Crippen LogP contribution in [0.15, 0.2) is 18.2 Å². The van der Waals surface area contributed by atoms with E-state index in [1.165, 1.54) is 12.1 Å². The molecule has 1 aliphatic rings. The van der Waals surface area contributed by atoms with Crippen LogP contribution in [-0.4, -0.2) is 12.1 Å². The fourth-order valence-corrected chi connectivity index (χ4v) is 3.16. The van der Waals surface area contributed by atoms with Crippen LogP contribution in [0.1, 0.15) is 33.1 Å². The summed E-state index contributed by atoms with van der Waals surface area (Å²) in [5, 5.41) is 3.80. The molecule has 0 radical (unpaired) electrons. The Kier molecular flexibility index (Phi) is 3.56. The fourth-order valence-electron chi connectivity index (χ4n) is 2.93. The summed E-state index contributed by atoms with van der Waals surface area (Å²) < 4.78 is 13.3. The highest BCUT2D eigenvalue weighted by atomic mass is 35.5. The van der Waals surface area contributed by atoms with Gasteiger partial charge in [-0.05, 0) is 42.9 Å². The second kappa shape index (κ2) is 4.71. The molecule has 18 heavy (non-hydrogen) atoms.